The van der Waals surface area contributed by atoms with Gasteiger partial charge in [0, 0.05) is 17.6 Å². The van der Waals surface area contributed by atoms with Crippen molar-refractivity contribution in [3.05, 3.63) is 65.4 Å². The first-order valence-electron chi connectivity index (χ1n) is 7.46. The number of H-pyrrole nitrogens is 1. The number of benzene rings is 2. The Bertz CT molecular complexity index is 1010. The molecule has 1 heterocycles. The number of fused-ring (bicyclic) bond motifs is 1. The van der Waals surface area contributed by atoms with Crippen LogP contribution in [0.1, 0.15) is 16.8 Å². The van der Waals surface area contributed by atoms with E-state index in [0.29, 0.717) is 12.0 Å². The minimum Gasteiger partial charge on any atom is -0.358 e. The first-order chi connectivity index (χ1) is 11.5. The third-order valence-corrected chi connectivity index (χ3v) is 5.05. The molecule has 1 aromatic heterocycles. The molecular formula is C18H16N2O3S. The maximum absolute atomic E-state index is 12.1. The maximum atomic E-state index is 12.1. The first-order valence-corrected chi connectivity index (χ1v) is 8.86. The van der Waals surface area contributed by atoms with Crippen molar-refractivity contribution in [2.75, 3.05) is 6.61 Å². The molecule has 0 saturated heterocycles. The van der Waals surface area contributed by atoms with Gasteiger partial charge in [-0.1, -0.05) is 23.8 Å². The summed E-state index contributed by atoms with van der Waals surface area (Å²) in [6.07, 6.45) is 0.432. The summed E-state index contributed by atoms with van der Waals surface area (Å²) in [5.41, 5.74) is 3.28. The van der Waals surface area contributed by atoms with Gasteiger partial charge in [-0.25, -0.2) is 0 Å². The fraction of sp³-hybridized carbons (Fsp3) is 0.167. The first kappa shape index (κ1) is 16.2. The van der Waals surface area contributed by atoms with Crippen molar-refractivity contribution >= 4 is 21.0 Å². The van der Waals surface area contributed by atoms with Crippen LogP contribution in [-0.2, 0) is 20.7 Å². The third-order valence-electron chi connectivity index (χ3n) is 3.73. The van der Waals surface area contributed by atoms with E-state index in [2.05, 4.69) is 11.1 Å². The van der Waals surface area contributed by atoms with Crippen molar-refractivity contribution in [2.45, 2.75) is 18.2 Å². The molecule has 1 N–H and O–H groups in total. The average Bonchev–Trinajstić information content (AvgIpc) is 2.96. The molecule has 0 spiro atoms. The van der Waals surface area contributed by atoms with Crippen molar-refractivity contribution in [2.24, 2.45) is 0 Å². The van der Waals surface area contributed by atoms with E-state index in [0.717, 1.165) is 22.2 Å². The summed E-state index contributed by atoms with van der Waals surface area (Å²) in [7, 11) is -3.74. The molecule has 0 aliphatic carbocycles. The Labute approximate surface area is 140 Å². The van der Waals surface area contributed by atoms with Crippen LogP contribution in [0.2, 0.25) is 0 Å². The van der Waals surface area contributed by atoms with Crippen LogP contribution in [0.4, 0.5) is 0 Å². The van der Waals surface area contributed by atoms with Gasteiger partial charge in [-0.2, -0.15) is 13.7 Å². The zero-order valence-corrected chi connectivity index (χ0v) is 13.9. The second kappa shape index (κ2) is 6.48. The summed E-state index contributed by atoms with van der Waals surface area (Å²) in [4.78, 5) is 3.33. The fourth-order valence-corrected chi connectivity index (χ4v) is 3.33. The van der Waals surface area contributed by atoms with E-state index in [1.54, 1.807) is 24.3 Å². The number of hydrogen-bond acceptors (Lipinski definition) is 4. The Balaban J connectivity index is 1.68. The molecule has 3 aromatic rings. The second-order valence-electron chi connectivity index (χ2n) is 5.55. The Morgan fingerprint density at radius 3 is 2.58 bits per heavy atom. The minimum atomic E-state index is -3.74. The standard InChI is InChI=1S/C18H16N2O3S/c1-13-2-6-17(7-3-13)24(21,22)23-9-8-16-11-15-5-4-14(12-19)10-18(15)20-16/h2-7,10-11,20H,8-9H2,1H3. The van der Waals surface area contributed by atoms with Crippen molar-refractivity contribution in [3.8, 4) is 6.07 Å². The number of nitrogens with one attached hydrogen (secondary N) is 1. The minimum absolute atomic E-state index is 0.0497. The summed E-state index contributed by atoms with van der Waals surface area (Å²) in [6, 6.07) is 15.9. The number of nitriles is 1. The van der Waals surface area contributed by atoms with Crippen LogP contribution in [-0.4, -0.2) is 20.0 Å². The Kier molecular flexibility index (Phi) is 4.38. The molecule has 6 heteroatoms. The number of hydrogen-bond donors (Lipinski definition) is 1. The van der Waals surface area contributed by atoms with Crippen molar-refractivity contribution in [3.63, 3.8) is 0 Å². The molecule has 0 amide bonds. The van der Waals surface area contributed by atoms with Crippen LogP contribution in [0.5, 0.6) is 0 Å². The maximum Gasteiger partial charge on any atom is 0.296 e. The molecule has 0 saturated carbocycles. The third kappa shape index (κ3) is 3.48. The quantitative estimate of drug-likeness (QED) is 0.722. The summed E-state index contributed by atoms with van der Waals surface area (Å²) >= 11 is 0. The molecule has 0 aliphatic rings. The number of aromatic amines is 1. The Morgan fingerprint density at radius 1 is 1.12 bits per heavy atom. The van der Waals surface area contributed by atoms with E-state index < -0.39 is 10.1 Å². The highest BCUT2D eigenvalue weighted by molar-refractivity contribution is 7.86. The lowest BCUT2D eigenvalue weighted by molar-refractivity contribution is 0.321. The number of aromatic nitrogens is 1. The molecule has 3 rings (SSSR count). The van der Waals surface area contributed by atoms with E-state index in [-0.39, 0.29) is 11.5 Å². The molecule has 2 aromatic carbocycles. The van der Waals surface area contributed by atoms with Gasteiger partial charge in [-0.15, -0.1) is 0 Å². The van der Waals surface area contributed by atoms with Crippen LogP contribution in [0.3, 0.4) is 0 Å². The van der Waals surface area contributed by atoms with Gasteiger partial charge in [0.25, 0.3) is 10.1 Å². The smallest absolute Gasteiger partial charge is 0.296 e. The Morgan fingerprint density at radius 2 is 1.88 bits per heavy atom. The highest BCUT2D eigenvalue weighted by atomic mass is 32.2. The molecule has 122 valence electrons. The zero-order valence-electron chi connectivity index (χ0n) is 13.1. The van der Waals surface area contributed by atoms with Gasteiger partial charge >= 0.3 is 0 Å². The lowest BCUT2D eigenvalue weighted by Gasteiger charge is -2.05. The normalized spacial score (nSPS) is 11.5. The molecule has 0 bridgehead atoms. The lowest BCUT2D eigenvalue weighted by atomic mass is 10.2. The fourth-order valence-electron chi connectivity index (χ4n) is 2.43. The van der Waals surface area contributed by atoms with Gasteiger partial charge in [-0.05, 0) is 42.6 Å². The number of aryl methyl sites for hydroxylation is 1. The van der Waals surface area contributed by atoms with E-state index in [1.807, 2.05) is 19.1 Å². The van der Waals surface area contributed by atoms with E-state index in [1.165, 1.54) is 12.1 Å². The van der Waals surface area contributed by atoms with Crippen molar-refractivity contribution in [1.29, 1.82) is 5.26 Å². The predicted octanol–water partition coefficient (Wildman–Crippen LogP) is 3.30. The van der Waals surface area contributed by atoms with E-state index >= 15 is 0 Å². The molecule has 5 nitrogen and oxygen atoms in total. The van der Waals surface area contributed by atoms with Crippen LogP contribution < -0.4 is 0 Å². The molecule has 0 unspecified atom stereocenters. The molecule has 0 radical (unpaired) electrons. The average molecular weight is 340 g/mol. The monoisotopic (exact) mass is 340 g/mol. The summed E-state index contributed by atoms with van der Waals surface area (Å²) in [5, 5.41) is 9.89. The largest absolute Gasteiger partial charge is 0.358 e. The molecular weight excluding hydrogens is 324 g/mol. The van der Waals surface area contributed by atoms with Gasteiger partial charge in [0.1, 0.15) is 0 Å². The summed E-state index contributed by atoms with van der Waals surface area (Å²) < 4.78 is 29.3. The Hall–Kier alpha value is -2.62. The van der Waals surface area contributed by atoms with Gasteiger partial charge in [0.2, 0.25) is 0 Å². The summed E-state index contributed by atoms with van der Waals surface area (Å²) in [6.45, 7) is 1.94. The predicted molar refractivity (Wildman–Crippen MR) is 91.0 cm³/mol. The van der Waals surface area contributed by atoms with Gasteiger partial charge in [0.15, 0.2) is 0 Å². The van der Waals surface area contributed by atoms with Gasteiger partial charge in [-0.3, -0.25) is 4.18 Å². The van der Waals surface area contributed by atoms with Crippen LogP contribution in [0.15, 0.2) is 53.4 Å². The SMILES string of the molecule is Cc1ccc(S(=O)(=O)OCCc2cc3ccc(C#N)cc3[nH]2)cc1. The van der Waals surface area contributed by atoms with E-state index in [9.17, 15) is 8.42 Å². The molecule has 0 aliphatic heterocycles. The van der Waals surface area contributed by atoms with Gasteiger partial charge in [0.05, 0.1) is 23.1 Å². The molecule has 24 heavy (non-hydrogen) atoms. The summed E-state index contributed by atoms with van der Waals surface area (Å²) in [5.74, 6) is 0. The lowest BCUT2D eigenvalue weighted by Crippen LogP contribution is -2.09. The van der Waals surface area contributed by atoms with E-state index in [4.69, 9.17) is 9.44 Å². The van der Waals surface area contributed by atoms with Crippen LogP contribution in [0, 0.1) is 18.3 Å². The van der Waals surface area contributed by atoms with Crippen molar-refractivity contribution < 1.29 is 12.6 Å². The topological polar surface area (TPSA) is 82.9 Å². The van der Waals surface area contributed by atoms with Gasteiger partial charge < -0.3 is 4.98 Å². The van der Waals surface area contributed by atoms with Crippen molar-refractivity contribution in [1.82, 2.24) is 4.98 Å². The highest BCUT2D eigenvalue weighted by Crippen LogP contribution is 2.18. The highest BCUT2D eigenvalue weighted by Gasteiger charge is 2.14. The van der Waals surface area contributed by atoms with Crippen LogP contribution in [0.25, 0.3) is 10.9 Å². The number of rotatable bonds is 5. The second-order valence-corrected chi connectivity index (χ2v) is 7.16. The molecule has 0 atom stereocenters. The zero-order chi connectivity index (χ0) is 17.2. The van der Waals surface area contributed by atoms with Crippen LogP contribution >= 0.6 is 0 Å². The molecule has 0 fully saturated rings. The number of nitrogens with zero attached hydrogens (tertiary/aromatic N) is 1.